The normalized spacial score (nSPS) is 17.8. The Morgan fingerprint density at radius 2 is 1.45 bits per heavy atom. The van der Waals surface area contributed by atoms with Crippen molar-refractivity contribution in [3.05, 3.63) is 99.6 Å². The van der Waals surface area contributed by atoms with Crippen LogP contribution in [-0.4, -0.2) is 14.0 Å². The van der Waals surface area contributed by atoms with Crippen LogP contribution in [0.25, 0.3) is 0 Å². The average Bonchev–Trinajstić information content (AvgIpc) is 2.87. The van der Waals surface area contributed by atoms with Gasteiger partial charge in [0.2, 0.25) is 9.84 Å². The van der Waals surface area contributed by atoms with E-state index in [1.807, 2.05) is 52.0 Å². The Morgan fingerprint density at radius 3 is 1.95 bits per heavy atom. The first-order valence-corrected chi connectivity index (χ1v) is 15.1. The standard InChI is InChI=1S/C33H44O4S/c1-9-33(7,8)27-14-20-30(21-15-27)38(34,35)31-22-18-29(19-23-31)36-28-16-12-26(13-17-28)24(2)10-11-25(3)37-32(4,5)6/h10-12,14-16,18,20-22H,9,13,17,19,23H2,1-8H3/b24-10+,25-11+. The van der Waals surface area contributed by atoms with E-state index in [1.54, 1.807) is 24.3 Å². The monoisotopic (exact) mass is 536 g/mol. The molecule has 206 valence electrons. The van der Waals surface area contributed by atoms with Gasteiger partial charge in [-0.15, -0.1) is 0 Å². The number of sulfone groups is 1. The van der Waals surface area contributed by atoms with Gasteiger partial charge in [0.25, 0.3) is 0 Å². The molecule has 0 N–H and O–H groups in total. The summed E-state index contributed by atoms with van der Waals surface area (Å²) < 4.78 is 38.4. The molecule has 0 amide bonds. The van der Waals surface area contributed by atoms with Crippen molar-refractivity contribution < 1.29 is 17.9 Å². The van der Waals surface area contributed by atoms with Crippen molar-refractivity contribution in [1.29, 1.82) is 0 Å². The SMILES string of the molecule is CCC(C)(C)c1ccc(S(=O)(=O)C2=CC=C(OC3=CC=C(/C(C)=C/C=C(\C)OC(C)(C)C)CC3)CC2)cc1. The molecule has 5 heteroatoms. The summed E-state index contributed by atoms with van der Waals surface area (Å²) >= 11 is 0. The van der Waals surface area contributed by atoms with Crippen LogP contribution in [0.1, 0.15) is 93.1 Å². The van der Waals surface area contributed by atoms with Crippen LogP contribution in [0.2, 0.25) is 0 Å². The maximum atomic E-state index is 13.2. The van der Waals surface area contributed by atoms with Gasteiger partial charge in [0.05, 0.1) is 10.7 Å². The quantitative estimate of drug-likeness (QED) is 0.233. The molecular formula is C33H44O4S. The maximum absolute atomic E-state index is 13.2. The molecule has 0 heterocycles. The third-order valence-electron chi connectivity index (χ3n) is 7.16. The number of benzene rings is 1. The first-order chi connectivity index (χ1) is 17.7. The second kappa shape index (κ2) is 11.9. The van der Waals surface area contributed by atoms with E-state index in [-0.39, 0.29) is 11.0 Å². The molecule has 1 aromatic rings. The molecule has 4 nitrogen and oxygen atoms in total. The van der Waals surface area contributed by atoms with E-state index >= 15 is 0 Å². The molecule has 0 atom stereocenters. The van der Waals surface area contributed by atoms with Crippen molar-refractivity contribution >= 4 is 9.84 Å². The summed E-state index contributed by atoms with van der Waals surface area (Å²) in [6, 6.07) is 7.35. The fourth-order valence-corrected chi connectivity index (χ4v) is 5.83. The van der Waals surface area contributed by atoms with E-state index < -0.39 is 9.84 Å². The molecule has 0 saturated carbocycles. The van der Waals surface area contributed by atoms with Crippen molar-refractivity contribution in [2.45, 2.75) is 103 Å². The zero-order valence-corrected chi connectivity index (χ0v) is 25.2. The van der Waals surface area contributed by atoms with Gasteiger partial charge in [0, 0.05) is 17.7 Å². The highest BCUT2D eigenvalue weighted by Crippen LogP contribution is 2.33. The minimum absolute atomic E-state index is 0.0250. The number of rotatable bonds is 9. The van der Waals surface area contributed by atoms with E-state index in [2.05, 4.69) is 39.8 Å². The average molecular weight is 537 g/mol. The van der Waals surface area contributed by atoms with Crippen molar-refractivity contribution in [3.8, 4) is 0 Å². The molecule has 38 heavy (non-hydrogen) atoms. The first kappa shape index (κ1) is 29.8. The fraction of sp³-hybridized carbons (Fsp3) is 0.455. The summed E-state index contributed by atoms with van der Waals surface area (Å²) in [6.07, 6.45) is 15.5. The zero-order chi connectivity index (χ0) is 28.1. The predicted octanol–water partition coefficient (Wildman–Crippen LogP) is 9.00. The summed E-state index contributed by atoms with van der Waals surface area (Å²) in [4.78, 5) is 0.787. The summed E-state index contributed by atoms with van der Waals surface area (Å²) in [5.41, 5.74) is 3.45. The van der Waals surface area contributed by atoms with Crippen LogP contribution in [0.5, 0.6) is 0 Å². The summed E-state index contributed by atoms with van der Waals surface area (Å²) in [5.74, 6) is 2.60. The van der Waals surface area contributed by atoms with Gasteiger partial charge in [0.15, 0.2) is 0 Å². The van der Waals surface area contributed by atoms with Crippen LogP contribution in [0.4, 0.5) is 0 Å². The van der Waals surface area contributed by atoms with E-state index in [0.29, 0.717) is 22.6 Å². The van der Waals surface area contributed by atoms with Gasteiger partial charge in [-0.1, -0.05) is 45.1 Å². The smallest absolute Gasteiger partial charge is 0.202 e. The van der Waals surface area contributed by atoms with Gasteiger partial charge in [-0.3, -0.25) is 0 Å². The Kier molecular flexibility index (Phi) is 9.35. The molecule has 0 bridgehead atoms. The molecule has 0 fully saturated rings. The highest BCUT2D eigenvalue weighted by molar-refractivity contribution is 7.95. The van der Waals surface area contributed by atoms with Gasteiger partial charge in [0.1, 0.15) is 17.1 Å². The Hall–Kier alpha value is -2.79. The second-order valence-corrected chi connectivity index (χ2v) is 13.8. The van der Waals surface area contributed by atoms with Gasteiger partial charge in [-0.25, -0.2) is 8.42 Å². The number of allylic oxidation sites excluding steroid dienone is 12. The second-order valence-electron chi connectivity index (χ2n) is 11.8. The van der Waals surface area contributed by atoms with Crippen LogP contribution in [0.15, 0.2) is 98.9 Å². The highest BCUT2D eigenvalue weighted by Gasteiger charge is 2.25. The molecule has 3 rings (SSSR count). The molecule has 0 spiro atoms. The topological polar surface area (TPSA) is 52.6 Å². The van der Waals surface area contributed by atoms with E-state index in [1.165, 1.54) is 11.1 Å². The lowest BCUT2D eigenvalue weighted by Gasteiger charge is -2.23. The molecule has 1 aromatic carbocycles. The van der Waals surface area contributed by atoms with Crippen LogP contribution in [0, 0.1) is 0 Å². The van der Waals surface area contributed by atoms with Crippen LogP contribution < -0.4 is 0 Å². The van der Waals surface area contributed by atoms with Crippen molar-refractivity contribution in [2.75, 3.05) is 0 Å². The Bertz CT molecular complexity index is 1310. The van der Waals surface area contributed by atoms with Crippen molar-refractivity contribution in [1.82, 2.24) is 0 Å². The lowest BCUT2D eigenvalue weighted by atomic mass is 9.82. The molecule has 0 aliphatic heterocycles. The zero-order valence-electron chi connectivity index (χ0n) is 24.4. The molecule has 0 aromatic heterocycles. The molecule has 0 radical (unpaired) electrons. The van der Waals surface area contributed by atoms with Crippen LogP contribution in [0.3, 0.4) is 0 Å². The first-order valence-electron chi connectivity index (χ1n) is 13.6. The Morgan fingerprint density at radius 1 is 0.842 bits per heavy atom. The molecule has 0 unspecified atom stereocenters. The number of hydrogen-bond acceptors (Lipinski definition) is 4. The maximum Gasteiger partial charge on any atom is 0.202 e. The molecule has 2 aliphatic rings. The molecule has 0 saturated heterocycles. The molecule has 2 aliphatic carbocycles. The fourth-order valence-electron chi connectivity index (χ4n) is 4.42. The number of hydrogen-bond donors (Lipinski definition) is 0. The van der Waals surface area contributed by atoms with Gasteiger partial charge < -0.3 is 9.47 Å². The lowest BCUT2D eigenvalue weighted by molar-refractivity contribution is 0.0535. The summed E-state index contributed by atoms with van der Waals surface area (Å²) in [6.45, 7) is 16.7. The van der Waals surface area contributed by atoms with Gasteiger partial charge in [-0.2, -0.15) is 0 Å². The van der Waals surface area contributed by atoms with Crippen molar-refractivity contribution in [2.24, 2.45) is 0 Å². The Balaban J connectivity index is 1.66. The van der Waals surface area contributed by atoms with Crippen LogP contribution in [-0.2, 0) is 24.7 Å². The lowest BCUT2D eigenvalue weighted by Crippen LogP contribution is -2.17. The summed E-state index contributed by atoms with van der Waals surface area (Å²) in [7, 11) is -3.51. The highest BCUT2D eigenvalue weighted by atomic mass is 32.2. The number of ether oxygens (including phenoxy) is 2. The van der Waals surface area contributed by atoms with Crippen LogP contribution >= 0.6 is 0 Å². The van der Waals surface area contributed by atoms with E-state index in [4.69, 9.17) is 9.47 Å². The van der Waals surface area contributed by atoms with Crippen molar-refractivity contribution in [3.63, 3.8) is 0 Å². The third-order valence-corrected chi connectivity index (χ3v) is 9.09. The van der Waals surface area contributed by atoms with Gasteiger partial charge in [-0.05, 0) is 112 Å². The summed E-state index contributed by atoms with van der Waals surface area (Å²) in [5, 5.41) is 0. The van der Waals surface area contributed by atoms with E-state index in [0.717, 1.165) is 42.1 Å². The Labute approximate surface area is 230 Å². The largest absolute Gasteiger partial charge is 0.493 e. The van der Waals surface area contributed by atoms with E-state index in [9.17, 15) is 8.42 Å². The van der Waals surface area contributed by atoms with Gasteiger partial charge >= 0.3 is 0 Å². The molecular weight excluding hydrogens is 492 g/mol. The minimum Gasteiger partial charge on any atom is -0.493 e. The third kappa shape index (κ3) is 7.86. The minimum atomic E-state index is -3.51. The predicted molar refractivity (Wildman–Crippen MR) is 157 cm³/mol.